The lowest BCUT2D eigenvalue weighted by molar-refractivity contribution is -0.155. The van der Waals surface area contributed by atoms with Gasteiger partial charge in [-0.15, -0.1) is 0 Å². The minimum absolute atomic E-state index is 0.307. The normalized spacial score (nSPS) is 31.6. The van der Waals surface area contributed by atoms with Crippen LogP contribution in [0.5, 0.6) is 0 Å². The molecule has 1 aromatic rings. The van der Waals surface area contributed by atoms with E-state index in [1.807, 2.05) is 13.2 Å². The Balaban J connectivity index is 1.67. The summed E-state index contributed by atoms with van der Waals surface area (Å²) in [5.74, 6) is 0.339. The molecule has 4 rings (SSSR count). The Morgan fingerprint density at radius 2 is 1.76 bits per heavy atom. The molecular formula is C21H29NO3. The Labute approximate surface area is 150 Å². The predicted molar refractivity (Wildman–Crippen MR) is 96.5 cm³/mol. The van der Waals surface area contributed by atoms with Gasteiger partial charge in [-0.2, -0.15) is 0 Å². The van der Waals surface area contributed by atoms with E-state index in [2.05, 4.69) is 29.2 Å². The number of rotatable bonds is 3. The molecule has 4 nitrogen and oxygen atoms in total. The van der Waals surface area contributed by atoms with Gasteiger partial charge in [-0.05, 0) is 50.5 Å². The van der Waals surface area contributed by atoms with Gasteiger partial charge in [0.05, 0.1) is 11.5 Å². The van der Waals surface area contributed by atoms with Crippen LogP contribution in [-0.4, -0.2) is 49.3 Å². The molecule has 136 valence electrons. The third-order valence-electron chi connectivity index (χ3n) is 6.58. The molecule has 0 aliphatic carbocycles. The Hall–Kier alpha value is -1.39. The van der Waals surface area contributed by atoms with E-state index in [4.69, 9.17) is 9.47 Å². The van der Waals surface area contributed by atoms with E-state index in [-0.39, 0.29) is 0 Å². The average molecular weight is 343 g/mol. The Morgan fingerprint density at radius 1 is 1.12 bits per heavy atom. The van der Waals surface area contributed by atoms with Crippen molar-refractivity contribution < 1.29 is 14.3 Å². The summed E-state index contributed by atoms with van der Waals surface area (Å²) >= 11 is 0. The number of amides is 1. The topological polar surface area (TPSA) is 38.8 Å². The van der Waals surface area contributed by atoms with Crippen LogP contribution in [0.3, 0.4) is 0 Å². The van der Waals surface area contributed by atoms with Crippen molar-refractivity contribution in [3.05, 3.63) is 35.9 Å². The summed E-state index contributed by atoms with van der Waals surface area (Å²) in [6, 6.07) is 11.1. The van der Waals surface area contributed by atoms with Crippen molar-refractivity contribution in [2.24, 2.45) is 0 Å². The molecular weight excluding hydrogens is 314 g/mol. The maximum absolute atomic E-state index is 13.9. The van der Waals surface area contributed by atoms with Crippen molar-refractivity contribution in [2.75, 3.05) is 20.3 Å². The van der Waals surface area contributed by atoms with Gasteiger partial charge in [0.15, 0.2) is 0 Å². The standard InChI is InChI=1S/C21H29NO3/c1-24-19-14-17-8-5-9-18(15-19)22(17)20(23)21(10-12-25-13-11-21)16-6-3-2-4-7-16/h2-4,6-7,17-19H,5,8-15H2,1H3. The van der Waals surface area contributed by atoms with Crippen LogP contribution in [0.2, 0.25) is 0 Å². The SMILES string of the molecule is COC1CC2CCCC(C1)N2C(=O)C1(c2ccccc2)CCOCC1. The van der Waals surface area contributed by atoms with E-state index in [1.54, 1.807) is 0 Å². The number of hydrogen-bond acceptors (Lipinski definition) is 3. The van der Waals surface area contributed by atoms with Crippen LogP contribution in [0.1, 0.15) is 50.5 Å². The summed E-state index contributed by atoms with van der Waals surface area (Å²) in [4.78, 5) is 16.2. The van der Waals surface area contributed by atoms with E-state index in [0.717, 1.165) is 44.1 Å². The molecule has 4 heteroatoms. The van der Waals surface area contributed by atoms with Gasteiger partial charge < -0.3 is 14.4 Å². The Morgan fingerprint density at radius 3 is 2.36 bits per heavy atom. The fourth-order valence-electron chi connectivity index (χ4n) is 5.21. The molecule has 0 radical (unpaired) electrons. The van der Waals surface area contributed by atoms with Gasteiger partial charge >= 0.3 is 0 Å². The molecule has 0 spiro atoms. The second-order valence-electron chi connectivity index (χ2n) is 7.84. The minimum Gasteiger partial charge on any atom is -0.381 e. The van der Waals surface area contributed by atoms with Gasteiger partial charge in [-0.1, -0.05) is 30.3 Å². The number of methoxy groups -OCH3 is 1. The van der Waals surface area contributed by atoms with Gasteiger partial charge in [0, 0.05) is 32.4 Å². The summed E-state index contributed by atoms with van der Waals surface area (Å²) in [7, 11) is 1.81. The van der Waals surface area contributed by atoms with Gasteiger partial charge in [0.2, 0.25) is 5.91 Å². The van der Waals surface area contributed by atoms with Crippen molar-refractivity contribution in [3.8, 4) is 0 Å². The summed E-state index contributed by atoms with van der Waals surface area (Å²) in [6.45, 7) is 1.34. The zero-order valence-electron chi connectivity index (χ0n) is 15.2. The quantitative estimate of drug-likeness (QED) is 0.845. The lowest BCUT2D eigenvalue weighted by Gasteiger charge is -2.52. The summed E-state index contributed by atoms with van der Waals surface area (Å²) in [6.07, 6.45) is 7.32. The van der Waals surface area contributed by atoms with Crippen LogP contribution in [0, 0.1) is 0 Å². The Bertz CT molecular complexity index is 582. The molecule has 3 saturated heterocycles. The summed E-state index contributed by atoms with van der Waals surface area (Å²) in [5, 5.41) is 0. The molecule has 0 aromatic heterocycles. The van der Waals surface area contributed by atoms with Crippen LogP contribution < -0.4 is 0 Å². The van der Waals surface area contributed by atoms with Crippen molar-refractivity contribution in [2.45, 2.75) is 68.5 Å². The number of hydrogen-bond donors (Lipinski definition) is 0. The second-order valence-corrected chi connectivity index (χ2v) is 7.84. The maximum Gasteiger partial charge on any atom is 0.233 e. The first-order valence-corrected chi connectivity index (χ1v) is 9.73. The van der Waals surface area contributed by atoms with Crippen LogP contribution in [0.15, 0.2) is 30.3 Å². The monoisotopic (exact) mass is 343 g/mol. The fourth-order valence-corrected chi connectivity index (χ4v) is 5.21. The van der Waals surface area contributed by atoms with Gasteiger partial charge in [-0.25, -0.2) is 0 Å². The van der Waals surface area contributed by atoms with E-state index in [9.17, 15) is 4.79 Å². The zero-order valence-corrected chi connectivity index (χ0v) is 15.2. The van der Waals surface area contributed by atoms with E-state index < -0.39 is 5.41 Å². The first-order chi connectivity index (χ1) is 12.2. The molecule has 0 N–H and O–H groups in total. The highest BCUT2D eigenvalue weighted by atomic mass is 16.5. The highest BCUT2D eigenvalue weighted by Gasteiger charge is 2.50. The number of nitrogens with zero attached hydrogens (tertiary/aromatic N) is 1. The molecule has 3 fully saturated rings. The molecule has 3 aliphatic rings. The molecule has 2 atom stereocenters. The minimum atomic E-state index is -0.409. The summed E-state index contributed by atoms with van der Waals surface area (Å²) in [5.41, 5.74) is 0.753. The van der Waals surface area contributed by atoms with Crippen LogP contribution in [0.4, 0.5) is 0 Å². The third kappa shape index (κ3) is 3.00. The third-order valence-corrected chi connectivity index (χ3v) is 6.58. The number of piperidine rings is 2. The molecule has 3 aliphatic heterocycles. The van der Waals surface area contributed by atoms with Gasteiger partial charge in [0.25, 0.3) is 0 Å². The number of carbonyl (C=O) groups is 1. The highest BCUT2D eigenvalue weighted by Crippen LogP contribution is 2.42. The molecule has 25 heavy (non-hydrogen) atoms. The Kier molecular flexibility index (Phi) is 4.83. The second kappa shape index (κ2) is 7.08. The van der Waals surface area contributed by atoms with Crippen molar-refractivity contribution in [1.29, 1.82) is 0 Å². The molecule has 1 amide bonds. The van der Waals surface area contributed by atoms with Crippen molar-refractivity contribution in [3.63, 3.8) is 0 Å². The molecule has 2 unspecified atom stereocenters. The molecule has 2 bridgehead atoms. The predicted octanol–water partition coefficient (Wildman–Crippen LogP) is 3.29. The van der Waals surface area contributed by atoms with E-state index in [0.29, 0.717) is 37.3 Å². The van der Waals surface area contributed by atoms with Crippen LogP contribution in [-0.2, 0) is 19.7 Å². The molecule has 0 saturated carbocycles. The van der Waals surface area contributed by atoms with E-state index in [1.165, 1.54) is 6.42 Å². The first-order valence-electron chi connectivity index (χ1n) is 9.73. The number of ether oxygens (including phenoxy) is 2. The van der Waals surface area contributed by atoms with Gasteiger partial charge in [0.1, 0.15) is 0 Å². The highest BCUT2D eigenvalue weighted by molar-refractivity contribution is 5.89. The summed E-state index contributed by atoms with van der Waals surface area (Å²) < 4.78 is 11.3. The maximum atomic E-state index is 13.9. The van der Waals surface area contributed by atoms with Crippen LogP contribution >= 0.6 is 0 Å². The van der Waals surface area contributed by atoms with Crippen molar-refractivity contribution in [1.82, 2.24) is 4.90 Å². The smallest absolute Gasteiger partial charge is 0.233 e. The molecule has 3 heterocycles. The number of fused-ring (bicyclic) bond motifs is 2. The first kappa shape index (κ1) is 17.0. The number of carbonyl (C=O) groups excluding carboxylic acids is 1. The largest absolute Gasteiger partial charge is 0.381 e. The zero-order chi connectivity index (χ0) is 17.3. The van der Waals surface area contributed by atoms with Crippen molar-refractivity contribution >= 4 is 5.91 Å². The van der Waals surface area contributed by atoms with Crippen LogP contribution in [0.25, 0.3) is 0 Å². The van der Waals surface area contributed by atoms with Gasteiger partial charge in [-0.3, -0.25) is 4.79 Å². The average Bonchev–Trinajstić information content (AvgIpc) is 2.67. The lowest BCUT2D eigenvalue weighted by atomic mass is 9.71. The van der Waals surface area contributed by atoms with E-state index >= 15 is 0 Å². The lowest BCUT2D eigenvalue weighted by Crippen LogP contribution is -2.61. The fraction of sp³-hybridized carbons (Fsp3) is 0.667. The number of benzene rings is 1. The molecule has 1 aromatic carbocycles.